The summed E-state index contributed by atoms with van der Waals surface area (Å²) in [5, 5.41) is 3.57. The number of halogens is 1. The zero-order chi connectivity index (χ0) is 23.3. The number of benzene rings is 2. The predicted molar refractivity (Wildman–Crippen MR) is 124 cm³/mol. The van der Waals surface area contributed by atoms with Gasteiger partial charge in [-0.05, 0) is 55.7 Å². The number of sulfonamides is 1. The van der Waals surface area contributed by atoms with Crippen molar-refractivity contribution in [2.75, 3.05) is 27.3 Å². The van der Waals surface area contributed by atoms with Crippen molar-refractivity contribution in [3.8, 4) is 11.5 Å². The molecule has 0 saturated carbocycles. The molecule has 2 atom stereocenters. The molecule has 7 nitrogen and oxygen atoms in total. The Kier molecular flexibility index (Phi) is 8.03. The van der Waals surface area contributed by atoms with E-state index in [1.807, 2.05) is 13.0 Å². The fourth-order valence-electron chi connectivity index (χ4n) is 3.88. The monoisotopic (exact) mass is 480 g/mol. The molecule has 0 spiro atoms. The van der Waals surface area contributed by atoms with Crippen molar-refractivity contribution in [2.24, 2.45) is 5.92 Å². The van der Waals surface area contributed by atoms with E-state index < -0.39 is 15.9 Å². The van der Waals surface area contributed by atoms with Gasteiger partial charge >= 0.3 is 0 Å². The molecule has 32 heavy (non-hydrogen) atoms. The average molecular weight is 481 g/mol. The Morgan fingerprint density at radius 1 is 1.19 bits per heavy atom. The van der Waals surface area contributed by atoms with E-state index in [2.05, 4.69) is 5.32 Å². The number of carbonyl (C=O) groups excluding carboxylic acids is 1. The maximum absolute atomic E-state index is 13.0. The van der Waals surface area contributed by atoms with E-state index in [9.17, 15) is 13.2 Å². The minimum absolute atomic E-state index is 0.115. The van der Waals surface area contributed by atoms with Gasteiger partial charge in [-0.25, -0.2) is 12.7 Å². The quantitative estimate of drug-likeness (QED) is 0.621. The Hall–Kier alpha value is -2.29. The molecule has 3 rings (SSSR count). The van der Waals surface area contributed by atoms with Crippen LogP contribution in [0, 0.1) is 5.92 Å². The van der Waals surface area contributed by atoms with E-state index in [1.54, 1.807) is 50.6 Å². The summed E-state index contributed by atoms with van der Waals surface area (Å²) in [5.41, 5.74) is 1.46. The maximum Gasteiger partial charge on any atom is 0.224 e. The Morgan fingerprint density at radius 3 is 2.56 bits per heavy atom. The van der Waals surface area contributed by atoms with Crippen molar-refractivity contribution in [3.63, 3.8) is 0 Å². The lowest BCUT2D eigenvalue weighted by atomic mass is 9.97. The first kappa shape index (κ1) is 24.4. The summed E-state index contributed by atoms with van der Waals surface area (Å²) in [5.74, 6) is 0.612. The molecule has 1 fully saturated rings. The van der Waals surface area contributed by atoms with Gasteiger partial charge in [0.05, 0.1) is 31.9 Å². The van der Waals surface area contributed by atoms with Crippen LogP contribution in [0.25, 0.3) is 0 Å². The summed E-state index contributed by atoms with van der Waals surface area (Å²) in [6, 6.07) is 11.8. The summed E-state index contributed by atoms with van der Waals surface area (Å²) >= 11 is 5.89. The van der Waals surface area contributed by atoms with Crippen LogP contribution in [0.5, 0.6) is 11.5 Å². The highest BCUT2D eigenvalue weighted by atomic mass is 35.5. The number of carbonyl (C=O) groups is 1. The largest absolute Gasteiger partial charge is 0.497 e. The van der Waals surface area contributed by atoms with Crippen LogP contribution in [0.3, 0.4) is 0 Å². The number of nitrogens with zero attached hydrogens (tertiary/aromatic N) is 1. The van der Waals surface area contributed by atoms with E-state index in [4.69, 9.17) is 21.1 Å². The van der Waals surface area contributed by atoms with Crippen molar-refractivity contribution in [1.82, 2.24) is 9.62 Å². The molecule has 1 amide bonds. The van der Waals surface area contributed by atoms with Gasteiger partial charge in [0.1, 0.15) is 11.5 Å². The molecule has 0 bridgehead atoms. The average Bonchev–Trinajstić information content (AvgIpc) is 2.80. The Balaban J connectivity index is 1.67. The third-order valence-electron chi connectivity index (χ3n) is 5.67. The van der Waals surface area contributed by atoms with Gasteiger partial charge in [-0.1, -0.05) is 23.7 Å². The molecule has 1 aliphatic rings. The number of methoxy groups -OCH3 is 2. The Bertz CT molecular complexity index is 1040. The van der Waals surface area contributed by atoms with Crippen molar-refractivity contribution < 1.29 is 22.7 Å². The van der Waals surface area contributed by atoms with Crippen LogP contribution in [-0.2, 0) is 20.6 Å². The summed E-state index contributed by atoms with van der Waals surface area (Å²) in [4.78, 5) is 13.0. The topological polar surface area (TPSA) is 84.9 Å². The molecule has 0 aliphatic carbocycles. The number of nitrogens with one attached hydrogen (secondary N) is 1. The second kappa shape index (κ2) is 10.6. The predicted octanol–water partition coefficient (Wildman–Crippen LogP) is 3.78. The molecule has 0 unspecified atom stereocenters. The van der Waals surface area contributed by atoms with Gasteiger partial charge in [-0.2, -0.15) is 0 Å². The van der Waals surface area contributed by atoms with Crippen LogP contribution in [0.1, 0.15) is 36.9 Å². The first-order valence-electron chi connectivity index (χ1n) is 10.5. The number of rotatable bonds is 8. The third kappa shape index (κ3) is 5.94. The molecular weight excluding hydrogens is 452 g/mol. The van der Waals surface area contributed by atoms with Crippen molar-refractivity contribution >= 4 is 27.5 Å². The van der Waals surface area contributed by atoms with E-state index in [1.165, 1.54) is 4.31 Å². The zero-order valence-corrected chi connectivity index (χ0v) is 20.1. The molecule has 1 saturated heterocycles. The molecule has 0 aromatic heterocycles. The normalized spacial score (nSPS) is 18.1. The number of ether oxygens (including phenoxy) is 2. The van der Waals surface area contributed by atoms with Gasteiger partial charge in [0.15, 0.2) is 0 Å². The lowest BCUT2D eigenvalue weighted by molar-refractivity contribution is -0.126. The van der Waals surface area contributed by atoms with Crippen LogP contribution in [0.15, 0.2) is 42.5 Å². The molecule has 174 valence electrons. The lowest BCUT2D eigenvalue weighted by Gasteiger charge is -2.32. The van der Waals surface area contributed by atoms with Gasteiger partial charge < -0.3 is 14.8 Å². The minimum atomic E-state index is -3.54. The molecule has 1 heterocycles. The molecule has 1 N–H and O–H groups in total. The summed E-state index contributed by atoms with van der Waals surface area (Å²) in [7, 11) is -0.389. The first-order valence-corrected chi connectivity index (χ1v) is 12.5. The summed E-state index contributed by atoms with van der Waals surface area (Å²) in [6.07, 6.45) is 1.27. The lowest BCUT2D eigenvalue weighted by Crippen LogP contribution is -2.46. The highest BCUT2D eigenvalue weighted by Gasteiger charge is 2.33. The van der Waals surface area contributed by atoms with E-state index in [-0.39, 0.29) is 24.2 Å². The second-order valence-corrected chi connectivity index (χ2v) is 10.3. The number of hydrogen-bond acceptors (Lipinski definition) is 5. The third-order valence-corrected chi connectivity index (χ3v) is 7.74. The molecular formula is C23H29ClN2O5S. The molecule has 1 aliphatic heterocycles. The number of amides is 1. The molecule has 0 radical (unpaired) electrons. The molecule has 9 heteroatoms. The smallest absolute Gasteiger partial charge is 0.224 e. The van der Waals surface area contributed by atoms with Gasteiger partial charge in [0.25, 0.3) is 0 Å². The Morgan fingerprint density at radius 2 is 1.91 bits per heavy atom. The molecule has 2 aromatic rings. The summed E-state index contributed by atoms with van der Waals surface area (Å²) < 4.78 is 38.0. The van der Waals surface area contributed by atoms with Crippen LogP contribution in [0.4, 0.5) is 0 Å². The van der Waals surface area contributed by atoms with Crippen LogP contribution in [-0.4, -0.2) is 45.9 Å². The number of piperidine rings is 1. The highest BCUT2D eigenvalue weighted by molar-refractivity contribution is 7.88. The van der Waals surface area contributed by atoms with Gasteiger partial charge in [0.2, 0.25) is 15.9 Å². The van der Waals surface area contributed by atoms with E-state index in [0.29, 0.717) is 41.5 Å². The van der Waals surface area contributed by atoms with Crippen molar-refractivity contribution in [3.05, 3.63) is 58.6 Å². The van der Waals surface area contributed by atoms with E-state index >= 15 is 0 Å². The summed E-state index contributed by atoms with van der Waals surface area (Å²) in [6.45, 7) is 2.45. The van der Waals surface area contributed by atoms with Crippen LogP contribution >= 0.6 is 11.6 Å². The van der Waals surface area contributed by atoms with Gasteiger partial charge in [0, 0.05) is 23.7 Å². The maximum atomic E-state index is 13.0. The number of hydrogen-bond donors (Lipinski definition) is 1. The highest BCUT2D eigenvalue weighted by Crippen LogP contribution is 2.30. The van der Waals surface area contributed by atoms with Crippen LogP contribution < -0.4 is 14.8 Å². The fraction of sp³-hybridized carbons (Fsp3) is 0.435. The fourth-order valence-corrected chi connectivity index (χ4v) is 5.61. The van der Waals surface area contributed by atoms with Crippen molar-refractivity contribution in [1.29, 1.82) is 0 Å². The van der Waals surface area contributed by atoms with Gasteiger partial charge in [-0.3, -0.25) is 4.79 Å². The second-order valence-electron chi connectivity index (χ2n) is 7.92. The van der Waals surface area contributed by atoms with Gasteiger partial charge in [-0.15, -0.1) is 0 Å². The zero-order valence-electron chi connectivity index (χ0n) is 18.5. The first-order chi connectivity index (χ1) is 15.2. The molecule has 2 aromatic carbocycles. The van der Waals surface area contributed by atoms with Crippen molar-refractivity contribution in [2.45, 2.75) is 31.6 Å². The standard InChI is InChI=1S/C23H29ClN2O5S/c1-16(21-13-20(30-2)10-11-22(21)31-3)25-23(27)18-5-4-12-26(14-18)32(28,29)15-17-6-8-19(24)9-7-17/h6-11,13,16,18H,4-5,12,14-15H2,1-3H3,(H,25,27)/t16-,18+/m1/s1. The van der Waals surface area contributed by atoms with Crippen LogP contribution in [0.2, 0.25) is 5.02 Å². The van der Waals surface area contributed by atoms with E-state index in [0.717, 1.165) is 5.56 Å². The Labute approximate surface area is 194 Å². The minimum Gasteiger partial charge on any atom is -0.497 e. The SMILES string of the molecule is COc1ccc(OC)c([C@@H](C)NC(=O)[C@H]2CCCN(S(=O)(=O)Cc3ccc(Cl)cc3)C2)c1.